The van der Waals surface area contributed by atoms with Crippen molar-refractivity contribution in [1.82, 2.24) is 0 Å². The number of carbonyl (C=O) groups is 1. The summed E-state index contributed by atoms with van der Waals surface area (Å²) in [5, 5.41) is 57.0. The average molecular weight is 413 g/mol. The van der Waals surface area contributed by atoms with E-state index >= 15 is 0 Å². The van der Waals surface area contributed by atoms with E-state index in [9.17, 15) is 30.3 Å². The van der Waals surface area contributed by atoms with Crippen LogP contribution in [0.1, 0.15) is 66.7 Å². The first kappa shape index (κ1) is 21.5. The van der Waals surface area contributed by atoms with Crippen molar-refractivity contribution in [3.8, 4) is 0 Å². The highest BCUT2D eigenvalue weighted by atomic mass is 16.5. The van der Waals surface area contributed by atoms with Gasteiger partial charge >= 0.3 is 5.97 Å². The van der Waals surface area contributed by atoms with Gasteiger partial charge in [0.2, 0.25) is 0 Å². The molecule has 5 N–H and O–H groups in total. The molecule has 29 heavy (non-hydrogen) atoms. The summed E-state index contributed by atoms with van der Waals surface area (Å²) in [6.07, 6.45) is -0.985. The highest BCUT2D eigenvalue weighted by Crippen LogP contribution is 2.70. The third kappa shape index (κ3) is 2.45. The van der Waals surface area contributed by atoms with Crippen LogP contribution < -0.4 is 0 Å². The van der Waals surface area contributed by atoms with Crippen molar-refractivity contribution >= 4 is 5.97 Å². The molecule has 6 unspecified atom stereocenters. The van der Waals surface area contributed by atoms with Crippen LogP contribution in [0.4, 0.5) is 0 Å². The van der Waals surface area contributed by atoms with Crippen molar-refractivity contribution in [3.63, 3.8) is 0 Å². The first-order valence-corrected chi connectivity index (χ1v) is 10.8. The predicted octanol–water partition coefficient (Wildman–Crippen LogP) is 0.739. The fourth-order valence-corrected chi connectivity index (χ4v) is 8.14. The third-order valence-corrected chi connectivity index (χ3v) is 9.52. The van der Waals surface area contributed by atoms with Crippen molar-refractivity contribution in [3.05, 3.63) is 0 Å². The summed E-state index contributed by atoms with van der Waals surface area (Å²) < 4.78 is 5.75. The van der Waals surface area contributed by atoms with E-state index in [1.54, 1.807) is 27.7 Å². The number of hydrogen-bond acceptors (Lipinski definition) is 7. The molecule has 0 saturated heterocycles. The van der Waals surface area contributed by atoms with Gasteiger partial charge < -0.3 is 30.3 Å². The van der Waals surface area contributed by atoms with Crippen LogP contribution in [0.25, 0.3) is 0 Å². The molecule has 4 aliphatic carbocycles. The van der Waals surface area contributed by atoms with Gasteiger partial charge in [-0.2, -0.15) is 0 Å². The number of aliphatic hydroxyl groups is 5. The smallest absolute Gasteiger partial charge is 0.302 e. The molecule has 0 heterocycles. The van der Waals surface area contributed by atoms with Crippen molar-refractivity contribution in [2.75, 3.05) is 0 Å². The molecular weight excluding hydrogens is 376 g/mol. The third-order valence-electron chi connectivity index (χ3n) is 9.52. The van der Waals surface area contributed by atoms with E-state index in [0.717, 1.165) is 0 Å². The quantitative estimate of drug-likeness (QED) is 0.402. The maximum Gasteiger partial charge on any atom is 0.302 e. The molecule has 0 aromatic carbocycles. The normalized spacial score (nSPS) is 58.3. The maximum atomic E-state index is 11.9. The highest BCUT2D eigenvalue weighted by Gasteiger charge is 2.77. The van der Waals surface area contributed by atoms with Crippen molar-refractivity contribution in [1.29, 1.82) is 0 Å². The molecule has 0 aromatic heterocycles. The molecule has 4 saturated carbocycles. The van der Waals surface area contributed by atoms with E-state index in [1.165, 1.54) is 6.92 Å². The highest BCUT2D eigenvalue weighted by molar-refractivity contribution is 5.66. The van der Waals surface area contributed by atoms with Crippen molar-refractivity contribution in [2.45, 2.75) is 102 Å². The number of esters is 1. The molecule has 0 aromatic rings. The van der Waals surface area contributed by atoms with Gasteiger partial charge in [-0.25, -0.2) is 0 Å². The van der Waals surface area contributed by atoms with Gasteiger partial charge in [0.05, 0.1) is 23.4 Å². The predicted molar refractivity (Wildman–Crippen MR) is 104 cm³/mol. The Labute approximate surface area is 172 Å². The van der Waals surface area contributed by atoms with Gasteiger partial charge in [-0.05, 0) is 51.9 Å². The van der Waals surface area contributed by atoms with Gasteiger partial charge in [0.1, 0.15) is 11.7 Å². The summed E-state index contributed by atoms with van der Waals surface area (Å²) >= 11 is 0. The van der Waals surface area contributed by atoms with Crippen LogP contribution in [0.3, 0.4) is 0 Å². The molecule has 7 heteroatoms. The zero-order chi connectivity index (χ0) is 21.8. The van der Waals surface area contributed by atoms with Crippen molar-refractivity contribution in [2.24, 2.45) is 28.6 Å². The van der Waals surface area contributed by atoms with Gasteiger partial charge in [0.15, 0.2) is 0 Å². The van der Waals surface area contributed by atoms with E-state index in [2.05, 4.69) is 0 Å². The lowest BCUT2D eigenvalue weighted by Crippen LogP contribution is -2.60. The minimum atomic E-state index is -1.70. The molecule has 10 atom stereocenters. The van der Waals surface area contributed by atoms with Crippen LogP contribution >= 0.6 is 0 Å². The zero-order valence-corrected chi connectivity index (χ0v) is 18.1. The molecule has 4 fully saturated rings. The fourth-order valence-electron chi connectivity index (χ4n) is 8.14. The van der Waals surface area contributed by atoms with E-state index in [-0.39, 0.29) is 31.1 Å². The van der Waals surface area contributed by atoms with Crippen LogP contribution in [-0.2, 0) is 9.53 Å². The van der Waals surface area contributed by atoms with Crippen LogP contribution in [0.15, 0.2) is 0 Å². The Bertz CT molecular complexity index is 716. The Hall–Kier alpha value is -0.730. The minimum Gasteiger partial charge on any atom is -0.462 e. The van der Waals surface area contributed by atoms with Gasteiger partial charge in [0.25, 0.3) is 0 Å². The van der Waals surface area contributed by atoms with Crippen LogP contribution in [0.2, 0.25) is 0 Å². The van der Waals surface area contributed by atoms with Crippen LogP contribution in [0, 0.1) is 28.6 Å². The lowest BCUT2D eigenvalue weighted by atomic mass is 9.57. The second-order valence-corrected chi connectivity index (χ2v) is 11.3. The SMILES string of the molecule is CC(=O)O[C@H]1C2CCC3C(C)(O)C4CC(O)C(C)(C)[C@@]4(O)[C@H](O)C[C@]31CC2(C)O. The van der Waals surface area contributed by atoms with Crippen LogP contribution in [0.5, 0.6) is 0 Å². The molecular formula is C22H36O7. The summed E-state index contributed by atoms with van der Waals surface area (Å²) in [6.45, 7) is 8.20. The zero-order valence-electron chi connectivity index (χ0n) is 18.1. The number of hydrogen-bond donors (Lipinski definition) is 5. The number of ether oxygens (including phenoxy) is 1. The van der Waals surface area contributed by atoms with Gasteiger partial charge in [-0.3, -0.25) is 4.79 Å². The Morgan fingerprint density at radius 3 is 2.17 bits per heavy atom. The Morgan fingerprint density at radius 2 is 1.59 bits per heavy atom. The summed E-state index contributed by atoms with van der Waals surface area (Å²) in [5.41, 5.74) is -6.08. The number of rotatable bonds is 1. The molecule has 0 aliphatic heterocycles. The van der Waals surface area contributed by atoms with Crippen molar-refractivity contribution < 1.29 is 35.1 Å². The van der Waals surface area contributed by atoms with Crippen LogP contribution in [-0.4, -0.2) is 66.6 Å². The first-order valence-electron chi connectivity index (χ1n) is 10.8. The second kappa shape index (κ2) is 5.94. The van der Waals surface area contributed by atoms with Gasteiger partial charge in [-0.1, -0.05) is 13.8 Å². The van der Waals surface area contributed by atoms with E-state index < -0.39 is 57.8 Å². The maximum absolute atomic E-state index is 11.9. The number of fused-ring (bicyclic) bond motifs is 2. The summed E-state index contributed by atoms with van der Waals surface area (Å²) in [4.78, 5) is 11.9. The Morgan fingerprint density at radius 1 is 0.966 bits per heavy atom. The molecule has 4 rings (SSSR count). The number of carbonyl (C=O) groups excluding carboxylic acids is 1. The monoisotopic (exact) mass is 412 g/mol. The number of aliphatic hydroxyl groups excluding tert-OH is 2. The van der Waals surface area contributed by atoms with Gasteiger partial charge in [-0.15, -0.1) is 0 Å². The molecule has 166 valence electrons. The fraction of sp³-hybridized carbons (Fsp3) is 0.955. The second-order valence-electron chi connectivity index (χ2n) is 11.3. The largest absolute Gasteiger partial charge is 0.462 e. The summed E-state index contributed by atoms with van der Waals surface area (Å²) in [7, 11) is 0. The van der Waals surface area contributed by atoms with E-state index in [0.29, 0.717) is 12.8 Å². The van der Waals surface area contributed by atoms with E-state index in [1.807, 2.05) is 0 Å². The molecule has 7 nitrogen and oxygen atoms in total. The topological polar surface area (TPSA) is 127 Å². The lowest BCUT2D eigenvalue weighted by Gasteiger charge is -2.51. The van der Waals surface area contributed by atoms with Gasteiger partial charge in [0, 0.05) is 29.6 Å². The summed E-state index contributed by atoms with van der Waals surface area (Å²) in [5.74, 6) is -1.86. The first-order chi connectivity index (χ1) is 13.1. The summed E-state index contributed by atoms with van der Waals surface area (Å²) in [6, 6.07) is 0. The molecule has 2 bridgehead atoms. The standard InChI is InChI=1S/C22H36O7/c1-11(23)29-17-12-6-7-13-20(5,27)14-8-15(24)18(2,3)22(14,28)16(25)9-21(13,17)10-19(12,4)26/h12-17,24-28H,6-10H2,1-5H3/t12?,13?,14?,15?,16-,17+,19?,20?,21+,22+/m1/s1. The molecule has 0 radical (unpaired) electrons. The molecule has 1 spiro atoms. The molecule has 0 amide bonds. The average Bonchev–Trinajstić information content (AvgIpc) is 2.80. The van der Waals surface area contributed by atoms with E-state index in [4.69, 9.17) is 4.74 Å². The Balaban J connectivity index is 1.90. The molecule has 4 aliphatic rings. The lowest BCUT2D eigenvalue weighted by molar-refractivity contribution is -0.202. The Kier molecular flexibility index (Phi) is 4.41. The minimum absolute atomic E-state index is 0.0988.